The summed E-state index contributed by atoms with van der Waals surface area (Å²) in [6.45, 7) is 3.56. The number of hydrogen-bond acceptors (Lipinski definition) is 7. The van der Waals surface area contributed by atoms with Crippen molar-refractivity contribution < 1.29 is 24.2 Å². The highest BCUT2D eigenvalue weighted by molar-refractivity contribution is 9.10. The minimum Gasteiger partial charge on any atom is -0.477 e. The van der Waals surface area contributed by atoms with Gasteiger partial charge in [-0.2, -0.15) is 0 Å². The lowest BCUT2D eigenvalue weighted by Crippen LogP contribution is -2.70. The Kier molecular flexibility index (Phi) is 4.35. The second-order valence-electron chi connectivity index (χ2n) is 6.74. The molecule has 3 aliphatic heterocycles. The highest BCUT2D eigenvalue weighted by Gasteiger charge is 2.69. The van der Waals surface area contributed by atoms with Crippen molar-refractivity contribution in [3.63, 3.8) is 0 Å². The zero-order chi connectivity index (χ0) is 19.5. The number of ether oxygens (including phenoxy) is 1. The molecular formula is C16H17BrN4O5S. The van der Waals surface area contributed by atoms with Gasteiger partial charge in [-0.25, -0.2) is 9.78 Å². The molecular weight excluding hydrogens is 440 g/mol. The first kappa shape index (κ1) is 18.5. The number of thioether (sulfide) groups is 1. The van der Waals surface area contributed by atoms with E-state index in [2.05, 4.69) is 25.8 Å². The van der Waals surface area contributed by atoms with Crippen molar-refractivity contribution >= 4 is 45.5 Å². The van der Waals surface area contributed by atoms with Gasteiger partial charge in [-0.3, -0.25) is 19.4 Å². The van der Waals surface area contributed by atoms with Gasteiger partial charge in [-0.05, 0) is 7.05 Å². The summed E-state index contributed by atoms with van der Waals surface area (Å²) < 4.78 is 6.24. The Hall–Kier alpha value is -1.85. The van der Waals surface area contributed by atoms with E-state index < -0.39 is 33.6 Å². The third kappa shape index (κ3) is 2.71. The highest BCUT2D eigenvalue weighted by atomic mass is 79.9. The summed E-state index contributed by atoms with van der Waals surface area (Å²) >= 11 is 4.68. The molecule has 1 fully saturated rings. The van der Waals surface area contributed by atoms with Crippen molar-refractivity contribution in [1.29, 1.82) is 0 Å². The van der Waals surface area contributed by atoms with Gasteiger partial charge in [-0.1, -0.05) is 15.9 Å². The molecule has 1 amide bonds. The molecule has 3 atom stereocenters. The first-order valence-electron chi connectivity index (χ1n) is 8.26. The fourth-order valence-electron chi connectivity index (χ4n) is 3.54. The van der Waals surface area contributed by atoms with Crippen molar-refractivity contribution in [2.75, 3.05) is 13.6 Å². The first-order chi connectivity index (χ1) is 12.7. The SMILES string of the molecule is CC(=O)OC(c1cn2c(n1)CN(C)CC2)C1(Br)C(=O)N2C(C(=O)O)=CS[C@@H]21. The van der Waals surface area contributed by atoms with Gasteiger partial charge in [0.15, 0.2) is 10.4 Å². The van der Waals surface area contributed by atoms with Gasteiger partial charge in [0, 0.05) is 31.6 Å². The molecule has 0 bridgehead atoms. The highest BCUT2D eigenvalue weighted by Crippen LogP contribution is 2.57. The van der Waals surface area contributed by atoms with Gasteiger partial charge in [0.25, 0.3) is 5.91 Å². The van der Waals surface area contributed by atoms with Crippen LogP contribution in [0.3, 0.4) is 0 Å². The average Bonchev–Trinajstić information content (AvgIpc) is 3.20. The summed E-state index contributed by atoms with van der Waals surface area (Å²) in [5.74, 6) is -1.33. The van der Waals surface area contributed by atoms with Crippen molar-refractivity contribution in [2.45, 2.75) is 35.8 Å². The lowest BCUT2D eigenvalue weighted by atomic mass is 9.89. The number of rotatable bonds is 4. The van der Waals surface area contributed by atoms with Crippen LogP contribution >= 0.6 is 27.7 Å². The standard InChI is InChI=1S/C16H17BrN4O5S/c1-8(22)26-12(9-5-20-4-3-19(2)6-11(20)18-9)16(17)14(25)21-10(13(23)24)7-27-15(16)21/h5,7,12,15H,3-4,6H2,1-2H3,(H,23,24)/t12?,15-,16?/m1/s1. The molecule has 0 saturated carbocycles. The molecule has 3 aliphatic rings. The van der Waals surface area contributed by atoms with Crippen LogP contribution in [0.4, 0.5) is 0 Å². The van der Waals surface area contributed by atoms with Gasteiger partial charge < -0.3 is 14.4 Å². The molecule has 0 aliphatic carbocycles. The van der Waals surface area contributed by atoms with Crippen molar-refractivity contribution in [2.24, 2.45) is 0 Å². The van der Waals surface area contributed by atoms with Gasteiger partial charge in [0.2, 0.25) is 0 Å². The van der Waals surface area contributed by atoms with Crippen LogP contribution in [0.2, 0.25) is 0 Å². The fourth-order valence-corrected chi connectivity index (χ4v) is 5.82. The van der Waals surface area contributed by atoms with Gasteiger partial charge in [0.1, 0.15) is 22.6 Å². The van der Waals surface area contributed by atoms with E-state index in [1.807, 2.05) is 11.6 Å². The quantitative estimate of drug-likeness (QED) is 0.404. The van der Waals surface area contributed by atoms with Crippen LogP contribution in [-0.4, -0.2) is 65.6 Å². The molecule has 0 radical (unpaired) electrons. The maximum atomic E-state index is 12.9. The number of hydrogen-bond donors (Lipinski definition) is 1. The van der Waals surface area contributed by atoms with E-state index in [1.54, 1.807) is 6.20 Å². The molecule has 0 aromatic carbocycles. The van der Waals surface area contributed by atoms with E-state index >= 15 is 0 Å². The number of carbonyl (C=O) groups excluding carboxylic acids is 2. The normalized spacial score (nSPS) is 28.1. The predicted octanol–water partition coefficient (Wildman–Crippen LogP) is 0.907. The number of aromatic nitrogens is 2. The lowest BCUT2D eigenvalue weighted by molar-refractivity contribution is -0.162. The Labute approximate surface area is 167 Å². The molecule has 2 unspecified atom stereocenters. The van der Waals surface area contributed by atoms with Crippen LogP contribution < -0.4 is 0 Å². The zero-order valence-corrected chi connectivity index (χ0v) is 17.0. The second kappa shape index (κ2) is 6.35. The molecule has 27 heavy (non-hydrogen) atoms. The van der Waals surface area contributed by atoms with Crippen LogP contribution in [0.1, 0.15) is 24.5 Å². The summed E-state index contributed by atoms with van der Waals surface area (Å²) in [5, 5.41) is 10.2. The monoisotopic (exact) mass is 456 g/mol. The van der Waals surface area contributed by atoms with E-state index in [0.29, 0.717) is 12.2 Å². The Bertz CT molecular complexity index is 886. The average molecular weight is 457 g/mol. The first-order valence-corrected chi connectivity index (χ1v) is 10.00. The Morgan fingerprint density at radius 3 is 2.89 bits per heavy atom. The number of carboxylic acid groups (broad SMARTS) is 1. The number of fused-ring (bicyclic) bond motifs is 2. The predicted molar refractivity (Wildman–Crippen MR) is 98.7 cm³/mol. The molecule has 0 spiro atoms. The van der Waals surface area contributed by atoms with Gasteiger partial charge in [-0.15, -0.1) is 11.8 Å². The van der Waals surface area contributed by atoms with E-state index in [4.69, 9.17) is 4.74 Å². The van der Waals surface area contributed by atoms with E-state index in [1.165, 1.54) is 29.0 Å². The maximum Gasteiger partial charge on any atom is 0.353 e. The van der Waals surface area contributed by atoms with Crippen LogP contribution in [0, 0.1) is 0 Å². The number of carbonyl (C=O) groups is 3. The number of imidazole rings is 1. The third-order valence-electron chi connectivity index (χ3n) is 4.87. The molecule has 11 heteroatoms. The molecule has 1 aromatic heterocycles. The number of aliphatic carboxylic acids is 1. The summed E-state index contributed by atoms with van der Waals surface area (Å²) in [4.78, 5) is 43.9. The number of β-lactam (4-membered cyclic amide) rings is 1. The molecule has 1 aromatic rings. The second-order valence-corrected chi connectivity index (χ2v) is 9.01. The third-order valence-corrected chi connectivity index (χ3v) is 7.56. The van der Waals surface area contributed by atoms with E-state index in [9.17, 15) is 19.5 Å². The van der Waals surface area contributed by atoms with E-state index in [0.717, 1.165) is 18.9 Å². The summed E-state index contributed by atoms with van der Waals surface area (Å²) in [5.41, 5.74) is 0.405. The number of nitrogens with zero attached hydrogens (tertiary/aromatic N) is 4. The topological polar surface area (TPSA) is 105 Å². The van der Waals surface area contributed by atoms with E-state index in [-0.39, 0.29) is 5.70 Å². The Morgan fingerprint density at radius 1 is 1.48 bits per heavy atom. The van der Waals surface area contributed by atoms with Crippen LogP contribution in [0.5, 0.6) is 0 Å². The minimum atomic E-state index is -1.27. The van der Waals surface area contributed by atoms with Crippen molar-refractivity contribution in [3.05, 3.63) is 28.8 Å². The number of likely N-dealkylation sites (N-methyl/N-ethyl adjacent to an activating group) is 1. The molecule has 144 valence electrons. The van der Waals surface area contributed by atoms with Crippen LogP contribution in [-0.2, 0) is 32.2 Å². The van der Waals surface area contributed by atoms with Gasteiger partial charge in [0.05, 0.1) is 6.54 Å². The van der Waals surface area contributed by atoms with Crippen LogP contribution in [0.15, 0.2) is 17.3 Å². The molecule has 4 heterocycles. The summed E-state index contributed by atoms with van der Waals surface area (Å²) in [6.07, 6.45) is 0.848. The number of halogens is 1. The molecule has 9 nitrogen and oxygen atoms in total. The van der Waals surface area contributed by atoms with Crippen LogP contribution in [0.25, 0.3) is 0 Å². The van der Waals surface area contributed by atoms with Crippen molar-refractivity contribution in [1.82, 2.24) is 19.4 Å². The number of esters is 1. The lowest BCUT2D eigenvalue weighted by Gasteiger charge is -2.51. The summed E-state index contributed by atoms with van der Waals surface area (Å²) in [6, 6.07) is 0. The fraction of sp³-hybridized carbons (Fsp3) is 0.500. The molecule has 1 saturated heterocycles. The molecule has 4 rings (SSSR count). The number of alkyl halides is 1. The Morgan fingerprint density at radius 2 is 2.22 bits per heavy atom. The zero-order valence-electron chi connectivity index (χ0n) is 14.6. The minimum absolute atomic E-state index is 0.0718. The maximum absolute atomic E-state index is 12.9. The smallest absolute Gasteiger partial charge is 0.353 e. The number of carboxylic acids is 1. The van der Waals surface area contributed by atoms with Gasteiger partial charge >= 0.3 is 11.9 Å². The molecule has 1 N–H and O–H groups in total. The summed E-state index contributed by atoms with van der Waals surface area (Å²) in [7, 11) is 2.00. The number of amides is 1. The largest absolute Gasteiger partial charge is 0.477 e. The Balaban J connectivity index is 1.69. The van der Waals surface area contributed by atoms with Crippen molar-refractivity contribution in [3.8, 4) is 0 Å².